The first kappa shape index (κ1) is 20.2. The van der Waals surface area contributed by atoms with Crippen LogP contribution in [0.15, 0.2) is 64.4 Å². The van der Waals surface area contributed by atoms with E-state index in [0.717, 1.165) is 11.1 Å². The van der Waals surface area contributed by atoms with Crippen molar-refractivity contribution in [3.8, 4) is 5.69 Å². The SMILES string of the molecule is Cc1ccc(-n2nc(S[C@@H](C)C(=O)Nc3cc(Cl)ccc3C)ccc2=O)cc1. The zero-order valence-corrected chi connectivity index (χ0v) is 17.3. The van der Waals surface area contributed by atoms with E-state index in [1.165, 1.54) is 22.5 Å². The zero-order valence-electron chi connectivity index (χ0n) is 15.8. The molecule has 1 aromatic heterocycles. The molecule has 1 atom stereocenters. The Balaban J connectivity index is 1.76. The third-order valence-corrected chi connectivity index (χ3v) is 5.44. The van der Waals surface area contributed by atoms with Crippen molar-refractivity contribution in [3.05, 3.63) is 81.1 Å². The van der Waals surface area contributed by atoms with Gasteiger partial charge in [-0.15, -0.1) is 0 Å². The predicted molar refractivity (Wildman–Crippen MR) is 115 cm³/mol. The minimum absolute atomic E-state index is 0.162. The second kappa shape index (κ2) is 8.63. The van der Waals surface area contributed by atoms with Gasteiger partial charge in [0.15, 0.2) is 0 Å². The van der Waals surface area contributed by atoms with E-state index in [2.05, 4.69) is 10.4 Å². The lowest BCUT2D eigenvalue weighted by Crippen LogP contribution is -2.24. The molecule has 0 bridgehead atoms. The van der Waals surface area contributed by atoms with Gasteiger partial charge in [0.1, 0.15) is 5.03 Å². The lowest BCUT2D eigenvalue weighted by Gasteiger charge is -2.14. The highest BCUT2D eigenvalue weighted by atomic mass is 35.5. The van der Waals surface area contributed by atoms with E-state index in [1.807, 2.05) is 44.2 Å². The highest BCUT2D eigenvalue weighted by molar-refractivity contribution is 8.00. The van der Waals surface area contributed by atoms with Gasteiger partial charge in [-0.1, -0.05) is 47.1 Å². The summed E-state index contributed by atoms with van der Waals surface area (Å²) in [6, 6.07) is 16.0. The van der Waals surface area contributed by atoms with E-state index in [0.29, 0.717) is 21.4 Å². The average Bonchev–Trinajstić information content (AvgIpc) is 2.67. The summed E-state index contributed by atoms with van der Waals surface area (Å²) < 4.78 is 1.34. The number of nitrogens with zero attached hydrogens (tertiary/aromatic N) is 2. The summed E-state index contributed by atoms with van der Waals surface area (Å²) in [5.74, 6) is -0.162. The Morgan fingerprint density at radius 3 is 2.54 bits per heavy atom. The summed E-state index contributed by atoms with van der Waals surface area (Å²) in [5, 5.41) is 8.04. The van der Waals surface area contributed by atoms with Crippen molar-refractivity contribution in [2.24, 2.45) is 0 Å². The first-order valence-electron chi connectivity index (χ1n) is 8.74. The summed E-state index contributed by atoms with van der Waals surface area (Å²) in [6.07, 6.45) is 0. The summed E-state index contributed by atoms with van der Waals surface area (Å²) in [4.78, 5) is 24.8. The number of aromatic nitrogens is 2. The normalized spacial score (nSPS) is 11.9. The molecule has 5 nitrogen and oxygen atoms in total. The highest BCUT2D eigenvalue weighted by Crippen LogP contribution is 2.24. The van der Waals surface area contributed by atoms with Crippen LogP contribution in [0.3, 0.4) is 0 Å². The highest BCUT2D eigenvalue weighted by Gasteiger charge is 2.17. The monoisotopic (exact) mass is 413 g/mol. The van der Waals surface area contributed by atoms with Gasteiger partial charge in [-0.05, 0) is 56.7 Å². The van der Waals surface area contributed by atoms with E-state index < -0.39 is 5.25 Å². The molecule has 2 aromatic carbocycles. The Morgan fingerprint density at radius 1 is 1.11 bits per heavy atom. The van der Waals surface area contributed by atoms with Gasteiger partial charge in [0.2, 0.25) is 5.91 Å². The molecule has 1 heterocycles. The molecule has 0 aliphatic rings. The fourth-order valence-corrected chi connectivity index (χ4v) is 3.50. The molecule has 0 spiro atoms. The van der Waals surface area contributed by atoms with E-state index >= 15 is 0 Å². The Hall–Kier alpha value is -2.57. The van der Waals surface area contributed by atoms with Crippen molar-refractivity contribution >= 4 is 35.0 Å². The number of rotatable bonds is 5. The van der Waals surface area contributed by atoms with Crippen LogP contribution in [0.1, 0.15) is 18.1 Å². The average molecular weight is 414 g/mol. The first-order chi connectivity index (χ1) is 13.3. The van der Waals surface area contributed by atoms with Gasteiger partial charge >= 0.3 is 0 Å². The third-order valence-electron chi connectivity index (χ3n) is 4.18. The molecule has 3 aromatic rings. The number of carbonyl (C=O) groups excluding carboxylic acids is 1. The van der Waals surface area contributed by atoms with Crippen LogP contribution in [0.2, 0.25) is 5.02 Å². The maximum atomic E-state index is 12.6. The van der Waals surface area contributed by atoms with Crippen LogP contribution in [0.25, 0.3) is 5.69 Å². The number of hydrogen-bond acceptors (Lipinski definition) is 4. The molecule has 0 radical (unpaired) electrons. The predicted octanol–water partition coefficient (Wildman–Crippen LogP) is 4.62. The number of carbonyl (C=O) groups is 1. The molecule has 0 saturated heterocycles. The molecule has 0 fully saturated rings. The lowest BCUT2D eigenvalue weighted by molar-refractivity contribution is -0.115. The van der Waals surface area contributed by atoms with Crippen molar-refractivity contribution in [1.82, 2.24) is 9.78 Å². The maximum Gasteiger partial charge on any atom is 0.271 e. The Bertz CT molecular complexity index is 1060. The van der Waals surface area contributed by atoms with Crippen LogP contribution in [0, 0.1) is 13.8 Å². The van der Waals surface area contributed by atoms with Crippen molar-refractivity contribution < 1.29 is 4.79 Å². The van der Waals surface area contributed by atoms with Gasteiger partial charge in [0.25, 0.3) is 5.56 Å². The molecule has 7 heteroatoms. The second-order valence-corrected chi connectivity index (χ2v) is 8.26. The zero-order chi connectivity index (χ0) is 20.3. The number of anilines is 1. The first-order valence-corrected chi connectivity index (χ1v) is 10.0. The molecule has 0 aliphatic heterocycles. The molecule has 1 N–H and O–H groups in total. The van der Waals surface area contributed by atoms with Gasteiger partial charge < -0.3 is 5.32 Å². The largest absolute Gasteiger partial charge is 0.325 e. The fourth-order valence-electron chi connectivity index (χ4n) is 2.53. The topological polar surface area (TPSA) is 64.0 Å². The summed E-state index contributed by atoms with van der Waals surface area (Å²) in [5.41, 5.74) is 3.18. The second-order valence-electron chi connectivity index (χ2n) is 6.47. The minimum Gasteiger partial charge on any atom is -0.325 e. The van der Waals surface area contributed by atoms with Crippen LogP contribution in [-0.4, -0.2) is 20.9 Å². The molecule has 0 unspecified atom stereocenters. The molecule has 28 heavy (non-hydrogen) atoms. The van der Waals surface area contributed by atoms with Crippen LogP contribution >= 0.6 is 23.4 Å². The van der Waals surface area contributed by atoms with Crippen molar-refractivity contribution in [2.45, 2.75) is 31.0 Å². The molecule has 144 valence electrons. The van der Waals surface area contributed by atoms with Crippen molar-refractivity contribution in [2.75, 3.05) is 5.32 Å². The van der Waals surface area contributed by atoms with Crippen LogP contribution < -0.4 is 10.9 Å². The van der Waals surface area contributed by atoms with Crippen LogP contribution in [-0.2, 0) is 4.79 Å². The summed E-state index contributed by atoms with van der Waals surface area (Å²) in [7, 11) is 0. The van der Waals surface area contributed by atoms with Crippen molar-refractivity contribution in [1.29, 1.82) is 0 Å². The maximum absolute atomic E-state index is 12.6. The molecule has 1 amide bonds. The Morgan fingerprint density at radius 2 is 1.82 bits per heavy atom. The van der Waals surface area contributed by atoms with Gasteiger partial charge in [-0.3, -0.25) is 9.59 Å². The number of benzene rings is 2. The van der Waals surface area contributed by atoms with Crippen molar-refractivity contribution in [3.63, 3.8) is 0 Å². The molecular weight excluding hydrogens is 394 g/mol. The van der Waals surface area contributed by atoms with Gasteiger partial charge in [-0.25, -0.2) is 0 Å². The van der Waals surface area contributed by atoms with Crippen LogP contribution in [0.4, 0.5) is 5.69 Å². The van der Waals surface area contributed by atoms with E-state index in [9.17, 15) is 9.59 Å². The lowest BCUT2D eigenvalue weighted by atomic mass is 10.2. The molecule has 3 rings (SSSR count). The number of thioether (sulfide) groups is 1. The number of halogens is 1. The number of nitrogens with one attached hydrogen (secondary N) is 1. The summed E-state index contributed by atoms with van der Waals surface area (Å²) in [6.45, 7) is 5.68. The minimum atomic E-state index is -0.408. The number of hydrogen-bond donors (Lipinski definition) is 1. The smallest absolute Gasteiger partial charge is 0.271 e. The van der Waals surface area contributed by atoms with E-state index in [-0.39, 0.29) is 11.5 Å². The summed E-state index contributed by atoms with van der Waals surface area (Å²) >= 11 is 7.30. The molecule has 0 aliphatic carbocycles. The van der Waals surface area contributed by atoms with E-state index in [4.69, 9.17) is 11.6 Å². The quantitative estimate of drug-likeness (QED) is 0.620. The molecule has 0 saturated carbocycles. The van der Waals surface area contributed by atoms with Gasteiger partial charge in [0, 0.05) is 16.8 Å². The Kier molecular flexibility index (Phi) is 6.21. The molecular formula is C21H20ClN3O2S. The van der Waals surface area contributed by atoms with E-state index in [1.54, 1.807) is 25.1 Å². The standard InChI is InChI=1S/C21H20ClN3O2S/c1-13-4-8-17(9-5-13)25-20(26)11-10-19(24-25)28-15(3)21(27)23-18-12-16(22)7-6-14(18)2/h4-12,15H,1-3H3,(H,23,27)/t15-/m0/s1. The van der Waals surface area contributed by atoms with Gasteiger partial charge in [0.05, 0.1) is 10.9 Å². The number of amides is 1. The van der Waals surface area contributed by atoms with Crippen LogP contribution in [0.5, 0.6) is 0 Å². The van der Waals surface area contributed by atoms with Gasteiger partial charge in [-0.2, -0.15) is 9.78 Å². The third kappa shape index (κ3) is 4.82. The number of aryl methyl sites for hydroxylation is 2. The Labute approximate surface area is 172 Å². The fraction of sp³-hybridized carbons (Fsp3) is 0.190.